The van der Waals surface area contributed by atoms with Crippen molar-refractivity contribution >= 4 is 10.9 Å². The molecule has 4 heteroatoms. The van der Waals surface area contributed by atoms with Crippen molar-refractivity contribution in [2.75, 3.05) is 7.05 Å². The van der Waals surface area contributed by atoms with Gasteiger partial charge in [0.25, 0.3) is 0 Å². The van der Waals surface area contributed by atoms with Gasteiger partial charge >= 0.3 is 0 Å². The molecule has 0 unspecified atom stereocenters. The van der Waals surface area contributed by atoms with Crippen molar-refractivity contribution in [2.45, 2.75) is 37.9 Å². The number of benzene rings is 2. The lowest BCUT2D eigenvalue weighted by atomic mass is 9.78. The van der Waals surface area contributed by atoms with Gasteiger partial charge in [0.15, 0.2) is 0 Å². The van der Waals surface area contributed by atoms with Crippen LogP contribution in [0.3, 0.4) is 0 Å². The van der Waals surface area contributed by atoms with Crippen LogP contribution in [0.5, 0.6) is 0 Å². The summed E-state index contributed by atoms with van der Waals surface area (Å²) < 4.78 is 29.4. The van der Waals surface area contributed by atoms with Gasteiger partial charge in [0.05, 0.1) is 0 Å². The Balaban J connectivity index is 1.57. The number of hydrogen-bond acceptors (Lipinski definition) is 1. The number of nitrogens with zero attached hydrogens (tertiary/aromatic N) is 2. The maximum Gasteiger partial charge on any atom is 0.123 e. The smallest absolute Gasteiger partial charge is 0.123 e. The molecule has 25 heavy (non-hydrogen) atoms. The lowest BCUT2D eigenvalue weighted by molar-refractivity contribution is 0.0276. The molecule has 0 N–H and O–H groups in total. The van der Waals surface area contributed by atoms with Crippen molar-refractivity contribution < 1.29 is 8.78 Å². The first kappa shape index (κ1) is 15.1. The zero-order valence-corrected chi connectivity index (χ0v) is 14.2. The van der Waals surface area contributed by atoms with Crippen molar-refractivity contribution in [3.63, 3.8) is 0 Å². The van der Waals surface area contributed by atoms with E-state index >= 15 is 0 Å². The minimum atomic E-state index is -0.203. The van der Waals surface area contributed by atoms with Gasteiger partial charge in [-0.25, -0.2) is 8.78 Å². The van der Waals surface area contributed by atoms with Crippen molar-refractivity contribution in [1.82, 2.24) is 9.47 Å². The number of rotatable bonds is 3. The summed E-state index contributed by atoms with van der Waals surface area (Å²) in [5.74, 6) is -0.374. The lowest BCUT2D eigenvalue weighted by Crippen LogP contribution is -2.52. The summed E-state index contributed by atoms with van der Waals surface area (Å²) in [6.07, 6.45) is 3.05. The molecule has 2 aromatic carbocycles. The number of fused-ring (bicyclic) bond motifs is 1. The normalized spacial score (nSPS) is 22.0. The van der Waals surface area contributed by atoms with Crippen LogP contribution >= 0.6 is 0 Å². The van der Waals surface area contributed by atoms with Crippen molar-refractivity contribution in [1.29, 1.82) is 0 Å². The zero-order valence-electron chi connectivity index (χ0n) is 14.2. The molecule has 1 fully saturated rings. The van der Waals surface area contributed by atoms with Gasteiger partial charge in [0.2, 0.25) is 0 Å². The van der Waals surface area contributed by atoms with Crippen LogP contribution in [0, 0.1) is 11.6 Å². The minimum absolute atomic E-state index is 0.171. The van der Waals surface area contributed by atoms with Gasteiger partial charge in [0.1, 0.15) is 11.6 Å². The molecule has 0 radical (unpaired) electrons. The van der Waals surface area contributed by atoms with Crippen LogP contribution in [0.2, 0.25) is 0 Å². The van der Waals surface area contributed by atoms with Gasteiger partial charge in [-0.2, -0.15) is 0 Å². The number of aromatic nitrogens is 1. The lowest BCUT2D eigenvalue weighted by Gasteiger charge is -2.51. The standard InChI is InChI=1S/C21H20F2N2/c1-24-16-11-19(24)21-17-10-15(23)6-7-18(17)25(20(21)12-16)9-8-13-2-4-14(22)5-3-13/h2-7,10,16,19H,8-9,11-12H2,1H3/t16-,19+/m1/s1. The second kappa shape index (κ2) is 5.40. The van der Waals surface area contributed by atoms with E-state index in [0.717, 1.165) is 35.9 Å². The van der Waals surface area contributed by atoms with Gasteiger partial charge in [-0.1, -0.05) is 12.1 Å². The summed E-state index contributed by atoms with van der Waals surface area (Å²) in [6, 6.07) is 12.9. The van der Waals surface area contributed by atoms with Crippen LogP contribution in [0.15, 0.2) is 42.5 Å². The molecule has 2 nitrogen and oxygen atoms in total. The summed E-state index contributed by atoms with van der Waals surface area (Å²) in [5, 5.41) is 1.06. The van der Waals surface area contributed by atoms with E-state index in [1.165, 1.54) is 29.8 Å². The largest absolute Gasteiger partial charge is 0.344 e. The summed E-state index contributed by atoms with van der Waals surface area (Å²) in [4.78, 5) is 2.41. The van der Waals surface area contributed by atoms with Gasteiger partial charge in [-0.05, 0) is 61.3 Å². The second-order valence-corrected chi connectivity index (χ2v) is 7.32. The molecule has 6 rings (SSSR count). The van der Waals surface area contributed by atoms with E-state index in [1.807, 2.05) is 18.2 Å². The molecule has 2 aliphatic heterocycles. The number of hydrogen-bond donors (Lipinski definition) is 0. The fourth-order valence-electron chi connectivity index (χ4n) is 4.62. The Hall–Kier alpha value is -2.20. The first-order valence-electron chi connectivity index (χ1n) is 8.88. The van der Waals surface area contributed by atoms with Gasteiger partial charge in [-0.15, -0.1) is 0 Å². The van der Waals surface area contributed by atoms with Crippen LogP contribution in [-0.4, -0.2) is 22.6 Å². The van der Waals surface area contributed by atoms with Crippen molar-refractivity contribution in [3.05, 3.63) is 70.9 Å². The SMILES string of the molecule is CN1[C@H]2Cc3c(c4cc(F)ccc4n3CCc3ccc(F)cc3)[C@@H]1C2. The molecule has 0 spiro atoms. The third-order valence-corrected chi connectivity index (χ3v) is 6.04. The third-order valence-electron chi connectivity index (χ3n) is 6.04. The van der Waals surface area contributed by atoms with E-state index in [1.54, 1.807) is 12.1 Å². The Kier molecular flexibility index (Phi) is 3.26. The number of aryl methyl sites for hydroxylation is 2. The van der Waals surface area contributed by atoms with Gasteiger partial charge in [-0.3, -0.25) is 4.90 Å². The van der Waals surface area contributed by atoms with E-state index < -0.39 is 0 Å². The fraction of sp³-hybridized carbons (Fsp3) is 0.333. The molecule has 0 amide bonds. The molecule has 2 bridgehead atoms. The molecule has 1 saturated heterocycles. The monoisotopic (exact) mass is 338 g/mol. The predicted molar refractivity (Wildman–Crippen MR) is 94.6 cm³/mol. The summed E-state index contributed by atoms with van der Waals surface area (Å²) >= 11 is 0. The fourth-order valence-corrected chi connectivity index (χ4v) is 4.62. The Morgan fingerprint density at radius 1 is 1.04 bits per heavy atom. The molecule has 3 aromatic rings. The molecule has 1 aliphatic carbocycles. The molecule has 3 heterocycles. The molecular formula is C21H20F2N2. The highest BCUT2D eigenvalue weighted by Crippen LogP contribution is 2.49. The van der Waals surface area contributed by atoms with E-state index in [2.05, 4.69) is 16.5 Å². The minimum Gasteiger partial charge on any atom is -0.344 e. The zero-order chi connectivity index (χ0) is 17.1. The molecular weight excluding hydrogens is 318 g/mol. The molecule has 2 atom stereocenters. The first-order valence-corrected chi connectivity index (χ1v) is 8.88. The predicted octanol–water partition coefficient (Wildman–Crippen LogP) is 4.46. The van der Waals surface area contributed by atoms with Gasteiger partial charge in [0, 0.05) is 41.6 Å². The average molecular weight is 338 g/mol. The van der Waals surface area contributed by atoms with Crippen LogP contribution in [0.25, 0.3) is 10.9 Å². The molecule has 3 aliphatic rings. The maximum absolute atomic E-state index is 13.9. The Morgan fingerprint density at radius 2 is 1.80 bits per heavy atom. The van der Waals surface area contributed by atoms with E-state index in [0.29, 0.717) is 12.1 Å². The molecule has 1 aromatic heterocycles. The summed E-state index contributed by atoms with van der Waals surface area (Å²) in [6.45, 7) is 0.840. The van der Waals surface area contributed by atoms with Crippen molar-refractivity contribution in [2.24, 2.45) is 0 Å². The average Bonchev–Trinajstić information content (AvgIpc) is 2.94. The highest BCUT2D eigenvalue weighted by Gasteiger charge is 2.44. The summed E-state index contributed by atoms with van der Waals surface area (Å²) in [5.41, 5.74) is 4.92. The topological polar surface area (TPSA) is 8.17 Å². The Labute approximate surface area is 145 Å². The number of halogens is 2. The van der Waals surface area contributed by atoms with Crippen LogP contribution in [0.4, 0.5) is 8.78 Å². The highest BCUT2D eigenvalue weighted by molar-refractivity contribution is 5.87. The molecule has 128 valence electrons. The number of likely N-dealkylation sites (N-methyl/N-ethyl adjacent to an activating group) is 1. The Bertz CT molecular complexity index is 958. The first-order chi connectivity index (χ1) is 12.1. The molecule has 0 saturated carbocycles. The van der Waals surface area contributed by atoms with Crippen LogP contribution in [0.1, 0.15) is 29.3 Å². The van der Waals surface area contributed by atoms with E-state index in [4.69, 9.17) is 0 Å². The van der Waals surface area contributed by atoms with E-state index in [9.17, 15) is 8.78 Å². The van der Waals surface area contributed by atoms with Crippen molar-refractivity contribution in [3.8, 4) is 0 Å². The van der Waals surface area contributed by atoms with Crippen LogP contribution in [-0.2, 0) is 19.4 Å². The summed E-state index contributed by atoms with van der Waals surface area (Å²) in [7, 11) is 2.17. The maximum atomic E-state index is 13.9. The second-order valence-electron chi connectivity index (χ2n) is 7.32. The van der Waals surface area contributed by atoms with E-state index in [-0.39, 0.29) is 11.6 Å². The van der Waals surface area contributed by atoms with Crippen LogP contribution < -0.4 is 0 Å². The third kappa shape index (κ3) is 2.24. The van der Waals surface area contributed by atoms with Gasteiger partial charge < -0.3 is 4.57 Å². The Morgan fingerprint density at radius 3 is 2.56 bits per heavy atom. The highest BCUT2D eigenvalue weighted by atomic mass is 19.1. The quantitative estimate of drug-likeness (QED) is 0.684.